The number of ether oxygens (including phenoxy) is 1. The fraction of sp³-hybridized carbons (Fsp3) is 0.417. The van der Waals surface area contributed by atoms with Crippen LogP contribution in [0.15, 0.2) is 59.5 Å². The predicted molar refractivity (Wildman–Crippen MR) is 121 cm³/mol. The third-order valence-corrected chi connectivity index (χ3v) is 7.31. The third kappa shape index (κ3) is 7.17. The van der Waals surface area contributed by atoms with Crippen molar-refractivity contribution in [2.45, 2.75) is 43.4 Å². The summed E-state index contributed by atoms with van der Waals surface area (Å²) < 4.78 is 31.9. The highest BCUT2D eigenvalue weighted by Gasteiger charge is 2.25. The molecule has 3 rings (SSSR count). The minimum atomic E-state index is -3.49. The van der Waals surface area contributed by atoms with Crippen LogP contribution in [0.2, 0.25) is 0 Å². The molecular weight excluding hydrogens is 428 g/mol. The predicted octanol–water partition coefficient (Wildman–Crippen LogP) is 2.70. The lowest BCUT2D eigenvalue weighted by Gasteiger charge is -2.25. The second-order valence-corrected chi connectivity index (χ2v) is 9.82. The van der Waals surface area contributed by atoms with E-state index in [2.05, 4.69) is 5.32 Å². The molecule has 2 aromatic rings. The quantitative estimate of drug-likeness (QED) is 0.437. The second kappa shape index (κ2) is 11.8. The molecule has 0 radical (unpaired) electrons. The topological polar surface area (TPSA) is 92.8 Å². The minimum Gasteiger partial charge on any atom is -0.455 e. The van der Waals surface area contributed by atoms with Gasteiger partial charge in [0.1, 0.15) is 0 Å². The summed E-state index contributed by atoms with van der Waals surface area (Å²) in [4.78, 5) is 24.1. The summed E-state index contributed by atoms with van der Waals surface area (Å²) in [6, 6.07) is 16.3. The van der Waals surface area contributed by atoms with Crippen LogP contribution < -0.4 is 5.32 Å². The summed E-state index contributed by atoms with van der Waals surface area (Å²) in [6.07, 6.45) is 4.46. The van der Waals surface area contributed by atoms with Gasteiger partial charge in [0.05, 0.1) is 11.3 Å². The Morgan fingerprint density at radius 3 is 2.28 bits per heavy atom. The smallest absolute Gasteiger partial charge is 0.310 e. The maximum atomic E-state index is 12.7. The normalized spacial score (nSPS) is 14.6. The van der Waals surface area contributed by atoms with Gasteiger partial charge in [0.25, 0.3) is 5.91 Å². The van der Waals surface area contributed by atoms with E-state index in [-0.39, 0.29) is 23.8 Å². The Bertz CT molecular complexity index is 985. The van der Waals surface area contributed by atoms with E-state index >= 15 is 0 Å². The van der Waals surface area contributed by atoms with Crippen LogP contribution >= 0.6 is 0 Å². The fourth-order valence-corrected chi connectivity index (χ4v) is 5.13. The van der Waals surface area contributed by atoms with Crippen molar-refractivity contribution in [3.63, 3.8) is 0 Å². The van der Waals surface area contributed by atoms with Crippen molar-refractivity contribution in [1.82, 2.24) is 9.62 Å². The van der Waals surface area contributed by atoms with Crippen molar-refractivity contribution in [3.05, 3.63) is 65.7 Å². The molecule has 1 fully saturated rings. The average molecular weight is 459 g/mol. The van der Waals surface area contributed by atoms with Crippen LogP contribution in [0.3, 0.4) is 0 Å². The molecule has 0 spiro atoms. The zero-order valence-electron chi connectivity index (χ0n) is 18.2. The summed E-state index contributed by atoms with van der Waals surface area (Å²) in [5, 5.41) is 2.74. The molecule has 0 aliphatic carbocycles. The highest BCUT2D eigenvalue weighted by molar-refractivity contribution is 7.89. The van der Waals surface area contributed by atoms with E-state index in [1.165, 1.54) is 22.0 Å². The van der Waals surface area contributed by atoms with E-state index in [1.54, 1.807) is 12.1 Å². The minimum absolute atomic E-state index is 0.0225. The van der Waals surface area contributed by atoms with Crippen LogP contribution in [0.5, 0.6) is 0 Å². The number of nitrogens with one attached hydrogen (secondary N) is 1. The molecule has 172 valence electrons. The maximum absolute atomic E-state index is 12.7. The van der Waals surface area contributed by atoms with Gasteiger partial charge in [-0.05, 0) is 48.9 Å². The van der Waals surface area contributed by atoms with Crippen LogP contribution in [-0.4, -0.2) is 50.8 Å². The molecule has 0 bridgehead atoms. The van der Waals surface area contributed by atoms with Crippen LogP contribution in [0.4, 0.5) is 0 Å². The van der Waals surface area contributed by atoms with Gasteiger partial charge in [0, 0.05) is 19.6 Å². The van der Waals surface area contributed by atoms with E-state index in [1.807, 2.05) is 30.3 Å². The second-order valence-electron chi connectivity index (χ2n) is 7.89. The summed E-state index contributed by atoms with van der Waals surface area (Å²) in [5.74, 6) is -0.870. The molecule has 1 aliphatic rings. The van der Waals surface area contributed by atoms with Crippen LogP contribution in [-0.2, 0) is 37.2 Å². The third-order valence-electron chi connectivity index (χ3n) is 5.40. The van der Waals surface area contributed by atoms with E-state index in [0.717, 1.165) is 32.1 Å². The first kappa shape index (κ1) is 23.9. The van der Waals surface area contributed by atoms with Gasteiger partial charge in [0.2, 0.25) is 10.0 Å². The number of carbonyl (C=O) groups is 2. The molecule has 32 heavy (non-hydrogen) atoms. The number of sulfonamides is 1. The van der Waals surface area contributed by atoms with Gasteiger partial charge in [-0.1, -0.05) is 48.9 Å². The summed E-state index contributed by atoms with van der Waals surface area (Å²) >= 11 is 0. The van der Waals surface area contributed by atoms with Crippen molar-refractivity contribution in [2.75, 3.05) is 26.2 Å². The molecule has 1 N–H and O–H groups in total. The number of benzene rings is 2. The Labute approximate surface area is 189 Å². The summed E-state index contributed by atoms with van der Waals surface area (Å²) in [7, 11) is -3.49. The molecule has 8 heteroatoms. The number of amides is 1. The number of hydrogen-bond donors (Lipinski definition) is 1. The number of piperidine rings is 1. The monoisotopic (exact) mass is 458 g/mol. The van der Waals surface area contributed by atoms with Gasteiger partial charge in [0.15, 0.2) is 6.61 Å². The van der Waals surface area contributed by atoms with Gasteiger partial charge in [-0.2, -0.15) is 4.31 Å². The molecule has 1 amide bonds. The van der Waals surface area contributed by atoms with E-state index in [9.17, 15) is 18.0 Å². The van der Waals surface area contributed by atoms with Gasteiger partial charge in [-0.3, -0.25) is 9.59 Å². The molecule has 1 heterocycles. The SMILES string of the molecule is O=C(COC(=O)Cc1ccc(S(=O)(=O)N2CCCCC2)cc1)NCCCc1ccccc1. The first-order valence-electron chi connectivity index (χ1n) is 11.0. The van der Waals surface area contributed by atoms with Gasteiger partial charge >= 0.3 is 5.97 Å². The Balaban J connectivity index is 1.37. The number of carbonyl (C=O) groups excluding carboxylic acids is 2. The largest absolute Gasteiger partial charge is 0.455 e. The lowest BCUT2D eigenvalue weighted by Crippen LogP contribution is -2.35. The Hall–Kier alpha value is -2.71. The summed E-state index contributed by atoms with van der Waals surface area (Å²) in [6.45, 7) is 1.28. The number of hydrogen-bond acceptors (Lipinski definition) is 5. The highest BCUT2D eigenvalue weighted by Crippen LogP contribution is 2.21. The molecular formula is C24H30N2O5S. The Morgan fingerprint density at radius 2 is 1.59 bits per heavy atom. The first-order valence-corrected chi connectivity index (χ1v) is 12.4. The molecule has 0 saturated carbocycles. The number of aryl methyl sites for hydroxylation is 1. The zero-order valence-corrected chi connectivity index (χ0v) is 19.0. The van der Waals surface area contributed by atoms with Crippen LogP contribution in [0.1, 0.15) is 36.8 Å². The lowest BCUT2D eigenvalue weighted by molar-refractivity contribution is -0.147. The summed E-state index contributed by atoms with van der Waals surface area (Å²) in [5.41, 5.74) is 1.85. The molecule has 1 saturated heterocycles. The van der Waals surface area contributed by atoms with Gasteiger partial charge in [-0.25, -0.2) is 8.42 Å². The lowest BCUT2D eigenvalue weighted by atomic mass is 10.1. The first-order chi connectivity index (χ1) is 15.4. The maximum Gasteiger partial charge on any atom is 0.310 e. The van der Waals surface area contributed by atoms with E-state index in [4.69, 9.17) is 4.74 Å². The highest BCUT2D eigenvalue weighted by atomic mass is 32.2. The standard InChI is InChI=1S/C24H30N2O5S/c27-23(25-15-7-10-20-8-3-1-4-9-20)19-31-24(28)18-21-11-13-22(14-12-21)32(29,30)26-16-5-2-6-17-26/h1,3-4,8-9,11-14H,2,5-7,10,15-19H2,(H,25,27). The fourth-order valence-electron chi connectivity index (χ4n) is 3.61. The van der Waals surface area contributed by atoms with Crippen molar-refractivity contribution in [2.24, 2.45) is 0 Å². The van der Waals surface area contributed by atoms with Crippen molar-refractivity contribution in [3.8, 4) is 0 Å². The van der Waals surface area contributed by atoms with Crippen molar-refractivity contribution < 1.29 is 22.7 Å². The Morgan fingerprint density at radius 1 is 0.906 bits per heavy atom. The van der Waals surface area contributed by atoms with Crippen molar-refractivity contribution in [1.29, 1.82) is 0 Å². The van der Waals surface area contributed by atoms with Crippen LogP contribution in [0.25, 0.3) is 0 Å². The average Bonchev–Trinajstić information content (AvgIpc) is 2.82. The number of nitrogens with zero attached hydrogens (tertiary/aromatic N) is 1. The van der Waals surface area contributed by atoms with E-state index in [0.29, 0.717) is 25.2 Å². The molecule has 0 atom stereocenters. The van der Waals surface area contributed by atoms with Crippen LogP contribution in [0, 0.1) is 0 Å². The number of rotatable bonds is 10. The Kier molecular flexibility index (Phi) is 8.81. The van der Waals surface area contributed by atoms with E-state index < -0.39 is 16.0 Å². The molecule has 7 nitrogen and oxygen atoms in total. The molecule has 0 unspecified atom stereocenters. The molecule has 2 aromatic carbocycles. The van der Waals surface area contributed by atoms with Gasteiger partial charge in [-0.15, -0.1) is 0 Å². The zero-order chi connectivity index (χ0) is 22.8. The molecule has 0 aromatic heterocycles. The molecule has 1 aliphatic heterocycles. The van der Waals surface area contributed by atoms with Gasteiger partial charge < -0.3 is 10.1 Å². The number of esters is 1. The van der Waals surface area contributed by atoms with Crippen molar-refractivity contribution >= 4 is 21.9 Å².